The maximum absolute atomic E-state index is 12.0. The molecule has 25 unspecified atom stereocenters. The number of fused-ring (bicyclic) bond motifs is 7. The summed E-state index contributed by atoms with van der Waals surface area (Å²) in [5.74, 6) is 3.03. The molecule has 3 saturated carbocycles. The molecule has 342 valence electrons. The first-order valence-electron chi connectivity index (χ1n) is 22.9. The Morgan fingerprint density at radius 1 is 0.700 bits per heavy atom. The van der Waals surface area contributed by atoms with Crippen molar-refractivity contribution in [2.75, 3.05) is 13.2 Å². The lowest BCUT2D eigenvalue weighted by atomic mass is 9.47. The van der Waals surface area contributed by atoms with Crippen molar-refractivity contribution in [3.05, 3.63) is 11.6 Å². The molecule has 5 aliphatic heterocycles. The van der Waals surface area contributed by atoms with Crippen LogP contribution in [0.3, 0.4) is 0 Å². The molecule has 1 spiro atoms. The number of hydrogen-bond acceptors (Lipinski definition) is 16. The number of ether oxygens (including phenoxy) is 7. The summed E-state index contributed by atoms with van der Waals surface area (Å²) in [6, 6.07) is 0. The average molecular weight is 854 g/mol. The fraction of sp³-hybridized carbons (Fsp3) is 0.955. The van der Waals surface area contributed by atoms with Gasteiger partial charge in [-0.15, -0.1) is 0 Å². The van der Waals surface area contributed by atoms with Crippen LogP contribution in [-0.4, -0.2) is 164 Å². The first-order chi connectivity index (χ1) is 28.5. The summed E-state index contributed by atoms with van der Waals surface area (Å²) in [6.07, 6.45) is -8.70. The van der Waals surface area contributed by atoms with Gasteiger partial charge in [-0.05, 0) is 118 Å². The quantitative estimate of drug-likeness (QED) is 0.159. The summed E-state index contributed by atoms with van der Waals surface area (Å²) < 4.78 is 43.6. The van der Waals surface area contributed by atoms with Crippen LogP contribution in [0.15, 0.2) is 11.6 Å². The minimum absolute atomic E-state index is 0.00360. The van der Waals surface area contributed by atoms with Crippen LogP contribution in [0, 0.1) is 40.4 Å². The standard InChI is InChI=1S/C44H71NO15/c1-19-8-13-44(45-17-19)16-27-28(60-44)15-26-24-7-6-22-14-23(9-11-42(22,4)25(24)10-12-43(26,27)5)56-41-38(59-40-35(52)33(50)31(48)21(3)55-40)36(53)37(29(18-46)57-41)58-39-34(51)32(49)30(47)20(2)54-39/h6,19-21,23-41,45-53H,7-18H2,1-5H3. The number of nitrogens with one attached hydrogen (secondary N) is 1. The van der Waals surface area contributed by atoms with Gasteiger partial charge in [0.1, 0.15) is 66.8 Å². The van der Waals surface area contributed by atoms with Gasteiger partial charge in [0.15, 0.2) is 18.9 Å². The van der Waals surface area contributed by atoms with E-state index >= 15 is 0 Å². The van der Waals surface area contributed by atoms with Gasteiger partial charge in [0.05, 0.1) is 31.0 Å². The van der Waals surface area contributed by atoms with E-state index in [1.165, 1.54) is 38.7 Å². The van der Waals surface area contributed by atoms with E-state index in [-0.39, 0.29) is 22.7 Å². The Morgan fingerprint density at radius 3 is 2.00 bits per heavy atom. The molecule has 60 heavy (non-hydrogen) atoms. The minimum Gasteiger partial charge on any atom is -0.394 e. The highest BCUT2D eigenvalue weighted by atomic mass is 16.8. The van der Waals surface area contributed by atoms with E-state index in [4.69, 9.17) is 33.2 Å². The Bertz CT molecular complexity index is 1560. The molecule has 9 rings (SSSR count). The Labute approximate surface area is 352 Å². The molecular weight excluding hydrogens is 782 g/mol. The Balaban J connectivity index is 0.911. The summed E-state index contributed by atoms with van der Waals surface area (Å²) in [6.45, 7) is 10.7. The number of aliphatic hydroxyl groups is 8. The van der Waals surface area contributed by atoms with Crippen LogP contribution in [0.1, 0.15) is 98.8 Å². The van der Waals surface area contributed by atoms with Gasteiger partial charge in [-0.25, -0.2) is 0 Å². The molecule has 16 heteroatoms. The molecule has 0 radical (unpaired) electrons. The van der Waals surface area contributed by atoms with E-state index in [0.717, 1.165) is 38.6 Å². The second-order valence-corrected chi connectivity index (χ2v) is 20.8. The summed E-state index contributed by atoms with van der Waals surface area (Å²) in [4.78, 5) is 0. The molecular formula is C44H71NO15. The van der Waals surface area contributed by atoms with E-state index < -0.39 is 98.7 Å². The van der Waals surface area contributed by atoms with E-state index in [0.29, 0.717) is 48.5 Å². The highest BCUT2D eigenvalue weighted by Gasteiger charge is 2.66. The SMILES string of the molecule is CC1CCC2(CC3C(CC4C5CC=C6CC(OC7OC(CO)C(OC8OC(C)C(O)C(O)C8O)C(O)C7OC7OC(C)C(O)C(O)C7O)CCC6(C)C5CCC34C)O2)NC1. The maximum atomic E-state index is 12.0. The first-order valence-corrected chi connectivity index (χ1v) is 22.9. The predicted octanol–water partition coefficient (Wildman–Crippen LogP) is 0.569. The molecule has 5 saturated heterocycles. The van der Waals surface area contributed by atoms with Gasteiger partial charge < -0.3 is 74.0 Å². The molecule has 4 aliphatic carbocycles. The van der Waals surface area contributed by atoms with Crippen LogP contribution in [0.25, 0.3) is 0 Å². The molecule has 0 amide bonds. The maximum Gasteiger partial charge on any atom is 0.187 e. The first kappa shape index (κ1) is 44.3. The Morgan fingerprint density at radius 2 is 1.37 bits per heavy atom. The van der Waals surface area contributed by atoms with Gasteiger partial charge in [0.2, 0.25) is 0 Å². The second-order valence-electron chi connectivity index (χ2n) is 20.8. The van der Waals surface area contributed by atoms with Crippen molar-refractivity contribution in [1.82, 2.24) is 5.32 Å². The topological polar surface area (TPSA) is 238 Å². The van der Waals surface area contributed by atoms with Gasteiger partial charge >= 0.3 is 0 Å². The van der Waals surface area contributed by atoms with Crippen LogP contribution < -0.4 is 5.32 Å². The lowest BCUT2D eigenvalue weighted by Crippen LogP contribution is -2.66. The highest BCUT2D eigenvalue weighted by molar-refractivity contribution is 5.26. The largest absolute Gasteiger partial charge is 0.394 e. The fourth-order valence-electron chi connectivity index (χ4n) is 13.5. The van der Waals surface area contributed by atoms with Gasteiger partial charge in [-0.3, -0.25) is 5.32 Å². The molecule has 0 bridgehead atoms. The van der Waals surface area contributed by atoms with E-state index in [2.05, 4.69) is 32.2 Å². The van der Waals surface area contributed by atoms with Gasteiger partial charge in [0, 0.05) is 6.54 Å². The van der Waals surface area contributed by atoms with Crippen LogP contribution in [-0.2, 0) is 33.2 Å². The predicted molar refractivity (Wildman–Crippen MR) is 210 cm³/mol. The van der Waals surface area contributed by atoms with Crippen molar-refractivity contribution in [3.8, 4) is 0 Å². The zero-order chi connectivity index (χ0) is 42.6. The number of piperidine rings is 1. The molecule has 8 fully saturated rings. The fourth-order valence-corrected chi connectivity index (χ4v) is 13.5. The second kappa shape index (κ2) is 16.5. The van der Waals surface area contributed by atoms with Crippen LogP contribution in [0.2, 0.25) is 0 Å². The van der Waals surface area contributed by atoms with Crippen LogP contribution in [0.5, 0.6) is 0 Å². The van der Waals surface area contributed by atoms with Crippen molar-refractivity contribution in [2.24, 2.45) is 40.4 Å². The van der Waals surface area contributed by atoms with Crippen molar-refractivity contribution in [1.29, 1.82) is 0 Å². The minimum atomic E-state index is -1.70. The zero-order valence-corrected chi connectivity index (χ0v) is 35.7. The van der Waals surface area contributed by atoms with E-state index in [1.54, 1.807) is 0 Å². The number of allylic oxidation sites excluding steroid dienone is 1. The van der Waals surface area contributed by atoms with Crippen molar-refractivity contribution in [2.45, 2.75) is 209 Å². The van der Waals surface area contributed by atoms with Crippen molar-refractivity contribution < 1.29 is 74.0 Å². The molecule has 25 atom stereocenters. The van der Waals surface area contributed by atoms with Gasteiger partial charge in [-0.1, -0.05) is 32.4 Å². The molecule has 9 aliphatic rings. The van der Waals surface area contributed by atoms with E-state index in [1.807, 2.05) is 0 Å². The van der Waals surface area contributed by atoms with Crippen LogP contribution in [0.4, 0.5) is 0 Å². The molecule has 9 N–H and O–H groups in total. The number of rotatable bonds is 7. The van der Waals surface area contributed by atoms with Gasteiger partial charge in [0.25, 0.3) is 0 Å². The summed E-state index contributed by atoms with van der Waals surface area (Å²) in [5.41, 5.74) is 1.49. The lowest BCUT2D eigenvalue weighted by molar-refractivity contribution is -0.388. The normalized spacial score (nSPS) is 57.9. The Hall–Kier alpha value is -0.900. The Kier molecular flexibility index (Phi) is 12.2. The highest BCUT2D eigenvalue weighted by Crippen LogP contribution is 2.69. The van der Waals surface area contributed by atoms with Gasteiger partial charge in [-0.2, -0.15) is 0 Å². The third-order valence-corrected chi connectivity index (χ3v) is 17.3. The number of hydrogen-bond donors (Lipinski definition) is 9. The summed E-state index contributed by atoms with van der Waals surface area (Å²) >= 11 is 0. The van der Waals surface area contributed by atoms with Crippen molar-refractivity contribution >= 4 is 0 Å². The number of aliphatic hydroxyl groups excluding tert-OH is 8. The summed E-state index contributed by atoms with van der Waals surface area (Å²) in [7, 11) is 0. The summed E-state index contributed by atoms with van der Waals surface area (Å²) in [5, 5.41) is 89.6. The smallest absolute Gasteiger partial charge is 0.187 e. The van der Waals surface area contributed by atoms with Crippen molar-refractivity contribution in [3.63, 3.8) is 0 Å². The molecule has 0 aromatic rings. The molecule has 0 aromatic heterocycles. The zero-order valence-electron chi connectivity index (χ0n) is 35.7. The molecule has 5 heterocycles. The van der Waals surface area contributed by atoms with E-state index in [9.17, 15) is 40.9 Å². The van der Waals surface area contributed by atoms with Crippen LogP contribution >= 0.6 is 0 Å². The third kappa shape index (κ3) is 7.37. The third-order valence-electron chi connectivity index (χ3n) is 17.3. The molecule has 0 aromatic carbocycles. The lowest BCUT2D eigenvalue weighted by Gasteiger charge is -2.58. The molecule has 16 nitrogen and oxygen atoms in total. The monoisotopic (exact) mass is 853 g/mol. The average Bonchev–Trinajstić information content (AvgIpc) is 3.72.